The summed E-state index contributed by atoms with van der Waals surface area (Å²) < 4.78 is 9.91. The van der Waals surface area contributed by atoms with E-state index in [2.05, 4.69) is 10.6 Å². The number of carbonyl (C=O) groups is 4. The van der Waals surface area contributed by atoms with Gasteiger partial charge in [-0.15, -0.1) is 11.3 Å². The van der Waals surface area contributed by atoms with Crippen LogP contribution in [0, 0.1) is 13.8 Å². The molecule has 0 radical (unpaired) electrons. The van der Waals surface area contributed by atoms with E-state index in [0.29, 0.717) is 21.9 Å². The van der Waals surface area contributed by atoms with Crippen molar-refractivity contribution in [3.63, 3.8) is 0 Å². The quantitative estimate of drug-likeness (QED) is 0.522. The van der Waals surface area contributed by atoms with Crippen molar-refractivity contribution in [1.29, 1.82) is 0 Å². The van der Waals surface area contributed by atoms with Gasteiger partial charge in [0.2, 0.25) is 5.91 Å². The van der Waals surface area contributed by atoms with Crippen LogP contribution in [-0.4, -0.2) is 49.5 Å². The highest BCUT2D eigenvalue weighted by atomic mass is 32.1. The molecule has 2 aromatic rings. The molecule has 164 valence electrons. The average Bonchev–Trinajstić information content (AvgIpc) is 3.14. The molecule has 1 aliphatic heterocycles. The normalized spacial score (nSPS) is 18.0. The van der Waals surface area contributed by atoms with Crippen LogP contribution < -0.4 is 15.4 Å². The zero-order valence-corrected chi connectivity index (χ0v) is 18.6. The third kappa shape index (κ3) is 3.98. The number of anilines is 1. The summed E-state index contributed by atoms with van der Waals surface area (Å²) >= 11 is 1.22. The van der Waals surface area contributed by atoms with Crippen molar-refractivity contribution in [2.75, 3.05) is 26.1 Å². The van der Waals surface area contributed by atoms with Gasteiger partial charge >= 0.3 is 12.0 Å². The Kier molecular flexibility index (Phi) is 6.03. The summed E-state index contributed by atoms with van der Waals surface area (Å²) in [6.07, 6.45) is 0. The number of carbonyl (C=O) groups excluding carboxylic acids is 4. The summed E-state index contributed by atoms with van der Waals surface area (Å²) in [7, 11) is 2.79. The predicted octanol–water partition coefficient (Wildman–Crippen LogP) is 2.57. The fraction of sp³-hybridized carbons (Fsp3) is 0.333. The second kappa shape index (κ2) is 8.38. The molecule has 1 fully saturated rings. The van der Waals surface area contributed by atoms with Crippen LogP contribution in [0.2, 0.25) is 0 Å². The summed E-state index contributed by atoms with van der Waals surface area (Å²) in [4.78, 5) is 51.9. The number of thiophene rings is 1. The summed E-state index contributed by atoms with van der Waals surface area (Å²) in [5.41, 5.74) is 0.219. The van der Waals surface area contributed by atoms with Gasteiger partial charge in [-0.3, -0.25) is 14.5 Å². The lowest BCUT2D eigenvalue weighted by Crippen LogP contribution is -2.42. The molecular weight excluding hydrogens is 422 g/mol. The standard InChI is InChI=1S/C21H23N3O6S/c1-11-12(2)31-17(16(11)18(26)30-5)22-15(25)10-24-19(27)21(3,23-20(24)28)13-6-8-14(29-4)9-7-13/h6-9H,10H2,1-5H3,(H,22,25)(H,23,28)/t21-/m1/s1. The van der Waals surface area contributed by atoms with Crippen LogP contribution in [0.25, 0.3) is 0 Å². The van der Waals surface area contributed by atoms with Crippen LogP contribution in [0.5, 0.6) is 5.75 Å². The Hall–Kier alpha value is -3.40. The number of urea groups is 1. The molecule has 3 rings (SSSR count). The molecule has 0 saturated carbocycles. The zero-order valence-electron chi connectivity index (χ0n) is 17.8. The first-order valence-corrected chi connectivity index (χ1v) is 10.2. The predicted molar refractivity (Wildman–Crippen MR) is 114 cm³/mol. The van der Waals surface area contributed by atoms with E-state index in [9.17, 15) is 19.2 Å². The first kappa shape index (κ1) is 22.3. The molecule has 9 nitrogen and oxygen atoms in total. The fourth-order valence-corrected chi connectivity index (χ4v) is 4.40. The Balaban J connectivity index is 1.78. The number of ether oxygens (including phenoxy) is 2. The number of esters is 1. The second-order valence-corrected chi connectivity index (χ2v) is 8.43. The summed E-state index contributed by atoms with van der Waals surface area (Å²) in [5, 5.41) is 5.59. The Morgan fingerprint density at radius 1 is 1.16 bits per heavy atom. The van der Waals surface area contributed by atoms with E-state index in [1.54, 1.807) is 38.1 Å². The van der Waals surface area contributed by atoms with Crippen molar-refractivity contribution < 1.29 is 28.7 Å². The number of amides is 4. The van der Waals surface area contributed by atoms with E-state index >= 15 is 0 Å². The van der Waals surface area contributed by atoms with Crippen molar-refractivity contribution in [2.45, 2.75) is 26.3 Å². The summed E-state index contributed by atoms with van der Waals surface area (Å²) in [6.45, 7) is 4.66. The van der Waals surface area contributed by atoms with Gasteiger partial charge in [0, 0.05) is 4.88 Å². The van der Waals surface area contributed by atoms with E-state index in [0.717, 1.165) is 9.78 Å². The zero-order chi connectivity index (χ0) is 22.9. The minimum Gasteiger partial charge on any atom is -0.497 e. The van der Waals surface area contributed by atoms with E-state index in [1.807, 2.05) is 6.92 Å². The fourth-order valence-electron chi connectivity index (χ4n) is 3.33. The van der Waals surface area contributed by atoms with Gasteiger partial charge in [-0.05, 0) is 44.0 Å². The van der Waals surface area contributed by atoms with Crippen molar-refractivity contribution in [3.05, 3.63) is 45.8 Å². The van der Waals surface area contributed by atoms with Crippen molar-refractivity contribution in [2.24, 2.45) is 0 Å². The third-order valence-corrected chi connectivity index (χ3v) is 6.39. The number of hydrogen-bond donors (Lipinski definition) is 2. The molecule has 1 saturated heterocycles. The third-order valence-electron chi connectivity index (χ3n) is 5.27. The van der Waals surface area contributed by atoms with Gasteiger partial charge in [0.05, 0.1) is 19.8 Å². The van der Waals surface area contributed by atoms with Crippen LogP contribution in [0.1, 0.15) is 33.3 Å². The number of nitrogens with one attached hydrogen (secondary N) is 2. The van der Waals surface area contributed by atoms with Crippen LogP contribution in [-0.2, 0) is 19.9 Å². The average molecular weight is 445 g/mol. The van der Waals surface area contributed by atoms with E-state index < -0.39 is 35.9 Å². The molecular formula is C21H23N3O6S. The highest BCUT2D eigenvalue weighted by molar-refractivity contribution is 7.16. The van der Waals surface area contributed by atoms with Crippen LogP contribution in [0.4, 0.5) is 9.80 Å². The number of aryl methyl sites for hydroxylation is 1. The van der Waals surface area contributed by atoms with Crippen molar-refractivity contribution in [1.82, 2.24) is 10.2 Å². The minimum atomic E-state index is -1.31. The first-order chi connectivity index (χ1) is 14.6. The molecule has 31 heavy (non-hydrogen) atoms. The van der Waals surface area contributed by atoms with Gasteiger partial charge in [0.15, 0.2) is 0 Å². The van der Waals surface area contributed by atoms with Crippen molar-refractivity contribution >= 4 is 40.2 Å². The van der Waals surface area contributed by atoms with E-state index in [1.165, 1.54) is 25.6 Å². The molecule has 0 unspecified atom stereocenters. The van der Waals surface area contributed by atoms with E-state index in [4.69, 9.17) is 9.47 Å². The minimum absolute atomic E-state index is 0.263. The van der Waals surface area contributed by atoms with Gasteiger partial charge in [-0.2, -0.15) is 0 Å². The molecule has 1 aliphatic rings. The molecule has 1 aromatic carbocycles. The molecule has 0 spiro atoms. The van der Waals surface area contributed by atoms with Gasteiger partial charge in [0.1, 0.15) is 22.8 Å². The lowest BCUT2D eigenvalue weighted by Gasteiger charge is -2.22. The second-order valence-electron chi connectivity index (χ2n) is 7.20. The Labute approximate surface area is 183 Å². The first-order valence-electron chi connectivity index (χ1n) is 9.39. The maximum absolute atomic E-state index is 13.0. The summed E-state index contributed by atoms with van der Waals surface area (Å²) in [5.74, 6) is -1.11. The largest absolute Gasteiger partial charge is 0.497 e. The topological polar surface area (TPSA) is 114 Å². The molecule has 4 amide bonds. The number of hydrogen-bond acceptors (Lipinski definition) is 7. The number of rotatable bonds is 6. The molecule has 0 bridgehead atoms. The smallest absolute Gasteiger partial charge is 0.341 e. The molecule has 2 N–H and O–H groups in total. The number of imide groups is 1. The SMILES string of the molecule is COC(=O)c1c(NC(=O)CN2C(=O)N[C@](C)(c3ccc(OC)cc3)C2=O)sc(C)c1C. The van der Waals surface area contributed by atoms with E-state index in [-0.39, 0.29) is 5.56 Å². The molecule has 2 heterocycles. The van der Waals surface area contributed by atoms with Crippen LogP contribution in [0.15, 0.2) is 24.3 Å². The number of benzene rings is 1. The lowest BCUT2D eigenvalue weighted by molar-refractivity contribution is -0.133. The highest BCUT2D eigenvalue weighted by Gasteiger charge is 2.49. The Morgan fingerprint density at radius 2 is 1.81 bits per heavy atom. The molecule has 1 atom stereocenters. The maximum atomic E-state index is 13.0. The van der Waals surface area contributed by atoms with Gasteiger partial charge in [-0.25, -0.2) is 9.59 Å². The number of nitrogens with zero attached hydrogens (tertiary/aromatic N) is 1. The number of methoxy groups -OCH3 is 2. The maximum Gasteiger partial charge on any atom is 0.341 e. The monoisotopic (exact) mass is 445 g/mol. The van der Waals surface area contributed by atoms with Gasteiger partial charge in [-0.1, -0.05) is 12.1 Å². The molecule has 0 aliphatic carbocycles. The van der Waals surface area contributed by atoms with Gasteiger partial charge in [0.25, 0.3) is 5.91 Å². The Morgan fingerprint density at radius 3 is 2.39 bits per heavy atom. The summed E-state index contributed by atoms with van der Waals surface area (Å²) in [6, 6.07) is 6.06. The van der Waals surface area contributed by atoms with Crippen LogP contribution in [0.3, 0.4) is 0 Å². The molecule has 10 heteroatoms. The van der Waals surface area contributed by atoms with Crippen LogP contribution >= 0.6 is 11.3 Å². The lowest BCUT2D eigenvalue weighted by atomic mass is 9.92. The molecule has 1 aromatic heterocycles. The highest BCUT2D eigenvalue weighted by Crippen LogP contribution is 2.33. The van der Waals surface area contributed by atoms with Crippen molar-refractivity contribution in [3.8, 4) is 5.75 Å². The van der Waals surface area contributed by atoms with Gasteiger partial charge < -0.3 is 20.1 Å². The Bertz CT molecular complexity index is 1060.